The number of rotatable bonds is 6. The molecule has 2 amide bonds. The van der Waals surface area contributed by atoms with E-state index >= 15 is 0 Å². The number of fused-ring (bicyclic) bond motifs is 1. The average molecular weight is 378 g/mol. The Morgan fingerprint density at radius 2 is 1.89 bits per heavy atom. The van der Waals surface area contributed by atoms with Crippen molar-refractivity contribution >= 4 is 46.0 Å². The number of thiocarbonyl (C=S) groups is 1. The monoisotopic (exact) mass is 378 g/mol. The maximum atomic E-state index is 12.8. The topological polar surface area (TPSA) is 58.6 Å². The second-order valence-corrected chi connectivity index (χ2v) is 6.21. The van der Waals surface area contributed by atoms with Crippen molar-refractivity contribution in [3.63, 3.8) is 0 Å². The summed E-state index contributed by atoms with van der Waals surface area (Å²) in [5.41, 5.74) is 0.644. The van der Waals surface area contributed by atoms with Gasteiger partial charge in [0.05, 0.1) is 0 Å². The van der Waals surface area contributed by atoms with Crippen molar-refractivity contribution in [1.29, 1.82) is 0 Å². The maximum absolute atomic E-state index is 12.8. The first-order valence-electron chi connectivity index (χ1n) is 8.32. The van der Waals surface area contributed by atoms with Crippen LogP contribution in [0.25, 0.3) is 16.8 Å². The first kappa shape index (κ1) is 18.5. The minimum absolute atomic E-state index is 0.00902. The van der Waals surface area contributed by atoms with E-state index in [0.717, 1.165) is 10.8 Å². The highest BCUT2D eigenvalue weighted by Gasteiger charge is 2.33. The maximum Gasteiger partial charge on any atom is 0.265 e. The van der Waals surface area contributed by atoms with Crippen molar-refractivity contribution < 1.29 is 14.3 Å². The first-order chi connectivity index (χ1) is 13.1. The highest BCUT2D eigenvalue weighted by atomic mass is 32.1. The van der Waals surface area contributed by atoms with E-state index in [0.29, 0.717) is 17.9 Å². The van der Waals surface area contributed by atoms with E-state index in [9.17, 15) is 9.59 Å². The molecule has 27 heavy (non-hydrogen) atoms. The van der Waals surface area contributed by atoms with Gasteiger partial charge in [0.2, 0.25) is 0 Å². The molecular formula is C21H18N2O3S. The Hall–Kier alpha value is -3.25. The van der Waals surface area contributed by atoms with Crippen molar-refractivity contribution in [3.05, 3.63) is 72.8 Å². The van der Waals surface area contributed by atoms with Crippen LogP contribution >= 0.6 is 12.2 Å². The summed E-state index contributed by atoms with van der Waals surface area (Å²) in [5, 5.41) is 4.46. The summed E-state index contributed by atoms with van der Waals surface area (Å²) < 4.78 is 5.74. The summed E-state index contributed by atoms with van der Waals surface area (Å²) >= 11 is 5.09. The largest absolute Gasteiger partial charge is 0.489 e. The third-order valence-corrected chi connectivity index (χ3v) is 4.40. The molecule has 0 aromatic heterocycles. The van der Waals surface area contributed by atoms with Crippen LogP contribution in [0.15, 0.2) is 67.3 Å². The predicted octanol–water partition coefficient (Wildman–Crippen LogP) is 3.22. The lowest BCUT2D eigenvalue weighted by Crippen LogP contribution is -2.53. The number of nitrogens with zero attached hydrogens (tertiary/aromatic N) is 1. The molecule has 136 valence electrons. The van der Waals surface area contributed by atoms with Gasteiger partial charge in [0, 0.05) is 12.1 Å². The zero-order chi connectivity index (χ0) is 19.4. The lowest BCUT2D eigenvalue weighted by molar-refractivity contribution is -0.128. The molecule has 6 heteroatoms. The summed E-state index contributed by atoms with van der Waals surface area (Å²) in [4.78, 5) is 26.5. The summed E-state index contributed by atoms with van der Waals surface area (Å²) in [7, 11) is 0. The van der Waals surface area contributed by atoms with Crippen LogP contribution in [0.2, 0.25) is 0 Å². The molecule has 1 fully saturated rings. The van der Waals surface area contributed by atoms with Crippen LogP contribution in [0.5, 0.6) is 5.75 Å². The standard InChI is InChI=1S/C21H18N2O3S/c1-3-11-23-20(25)17(19(24)22-21(23)27)13-16-15-8-6-5-7-14(15)9-10-18(16)26-12-4-2/h3-10,13H,1-2,11-12H2,(H,22,24,27). The van der Waals surface area contributed by atoms with Crippen LogP contribution in [-0.2, 0) is 9.59 Å². The van der Waals surface area contributed by atoms with Gasteiger partial charge in [-0.3, -0.25) is 19.8 Å². The fourth-order valence-electron chi connectivity index (χ4n) is 2.83. The minimum Gasteiger partial charge on any atom is -0.489 e. The number of hydrogen-bond acceptors (Lipinski definition) is 4. The van der Waals surface area contributed by atoms with Crippen molar-refractivity contribution in [1.82, 2.24) is 10.2 Å². The molecular weight excluding hydrogens is 360 g/mol. The molecule has 1 N–H and O–H groups in total. The van der Waals surface area contributed by atoms with Gasteiger partial charge in [-0.05, 0) is 35.1 Å². The molecule has 3 rings (SSSR count). The van der Waals surface area contributed by atoms with Gasteiger partial charge in [-0.2, -0.15) is 0 Å². The van der Waals surface area contributed by atoms with E-state index in [4.69, 9.17) is 17.0 Å². The third kappa shape index (κ3) is 3.66. The molecule has 1 aliphatic heterocycles. The molecule has 2 aromatic carbocycles. The lowest BCUT2D eigenvalue weighted by atomic mass is 10.00. The van der Waals surface area contributed by atoms with Gasteiger partial charge in [0.15, 0.2) is 5.11 Å². The van der Waals surface area contributed by atoms with E-state index in [1.165, 1.54) is 4.90 Å². The van der Waals surface area contributed by atoms with Crippen molar-refractivity contribution in [2.45, 2.75) is 0 Å². The number of carbonyl (C=O) groups excluding carboxylic acids is 2. The van der Waals surface area contributed by atoms with Crippen LogP contribution in [0.3, 0.4) is 0 Å². The normalized spacial score (nSPS) is 15.8. The molecule has 0 aliphatic carbocycles. The second kappa shape index (κ2) is 7.97. The molecule has 1 saturated heterocycles. The summed E-state index contributed by atoms with van der Waals surface area (Å²) in [5.74, 6) is -0.440. The SMILES string of the molecule is C=CCOc1ccc2ccccc2c1C=C1C(=O)NC(=S)N(CC=C)C1=O. The number of hydrogen-bond donors (Lipinski definition) is 1. The van der Waals surface area contributed by atoms with Crippen molar-refractivity contribution in [3.8, 4) is 5.75 Å². The molecule has 0 spiro atoms. The van der Waals surface area contributed by atoms with Gasteiger partial charge in [0.25, 0.3) is 11.8 Å². The third-order valence-electron chi connectivity index (χ3n) is 4.07. The Kier molecular flexibility index (Phi) is 5.47. The van der Waals surface area contributed by atoms with E-state index in [1.807, 2.05) is 36.4 Å². The van der Waals surface area contributed by atoms with E-state index in [2.05, 4.69) is 18.5 Å². The predicted molar refractivity (Wildman–Crippen MR) is 110 cm³/mol. The Morgan fingerprint density at radius 1 is 1.11 bits per heavy atom. The molecule has 0 atom stereocenters. The number of ether oxygens (including phenoxy) is 1. The zero-order valence-electron chi connectivity index (χ0n) is 14.6. The highest BCUT2D eigenvalue weighted by molar-refractivity contribution is 7.80. The van der Waals surface area contributed by atoms with Gasteiger partial charge in [0.1, 0.15) is 17.9 Å². The molecule has 1 heterocycles. The summed E-state index contributed by atoms with van der Waals surface area (Å²) in [6, 6.07) is 11.4. The quantitative estimate of drug-likeness (QED) is 0.363. The lowest BCUT2D eigenvalue weighted by Gasteiger charge is -2.28. The van der Waals surface area contributed by atoms with E-state index in [1.54, 1.807) is 18.2 Å². The Labute approximate surface area is 162 Å². The summed E-state index contributed by atoms with van der Waals surface area (Å²) in [6.07, 6.45) is 4.74. The Balaban J connectivity index is 2.16. The Morgan fingerprint density at radius 3 is 2.63 bits per heavy atom. The number of benzene rings is 2. The highest BCUT2D eigenvalue weighted by Crippen LogP contribution is 2.31. The average Bonchev–Trinajstić information content (AvgIpc) is 2.67. The minimum atomic E-state index is -0.534. The van der Waals surface area contributed by atoms with Crippen molar-refractivity contribution in [2.75, 3.05) is 13.2 Å². The fraction of sp³-hybridized carbons (Fsp3) is 0.0952. The van der Waals surface area contributed by atoms with Crippen LogP contribution < -0.4 is 10.1 Å². The Bertz CT molecular complexity index is 994. The van der Waals surface area contributed by atoms with Crippen LogP contribution in [-0.4, -0.2) is 35.0 Å². The zero-order valence-corrected chi connectivity index (χ0v) is 15.4. The smallest absolute Gasteiger partial charge is 0.265 e. The summed E-state index contributed by atoms with van der Waals surface area (Å²) in [6.45, 7) is 7.80. The van der Waals surface area contributed by atoms with Crippen LogP contribution in [0.1, 0.15) is 5.56 Å². The molecule has 0 unspecified atom stereocenters. The van der Waals surface area contributed by atoms with Gasteiger partial charge >= 0.3 is 0 Å². The van der Waals surface area contributed by atoms with Crippen LogP contribution in [0.4, 0.5) is 0 Å². The fourth-order valence-corrected chi connectivity index (χ4v) is 3.08. The molecule has 0 radical (unpaired) electrons. The van der Waals surface area contributed by atoms with Gasteiger partial charge in [-0.25, -0.2) is 0 Å². The first-order valence-corrected chi connectivity index (χ1v) is 8.73. The van der Waals surface area contributed by atoms with Crippen LogP contribution in [0, 0.1) is 0 Å². The molecule has 1 aliphatic rings. The van der Waals surface area contributed by atoms with Gasteiger partial charge < -0.3 is 4.74 Å². The second-order valence-electron chi connectivity index (χ2n) is 5.82. The van der Waals surface area contributed by atoms with Gasteiger partial charge in [-0.15, -0.1) is 6.58 Å². The van der Waals surface area contributed by atoms with Gasteiger partial charge in [-0.1, -0.05) is 49.1 Å². The molecule has 0 bridgehead atoms. The van der Waals surface area contributed by atoms with E-state index < -0.39 is 11.8 Å². The molecule has 0 saturated carbocycles. The number of nitrogens with one attached hydrogen (secondary N) is 1. The molecule has 5 nitrogen and oxygen atoms in total. The number of carbonyl (C=O) groups is 2. The molecule has 2 aromatic rings. The van der Waals surface area contributed by atoms with E-state index in [-0.39, 0.29) is 17.2 Å². The number of amides is 2. The van der Waals surface area contributed by atoms with Crippen molar-refractivity contribution in [2.24, 2.45) is 0 Å².